The van der Waals surface area contributed by atoms with Crippen molar-refractivity contribution in [3.63, 3.8) is 0 Å². The van der Waals surface area contributed by atoms with Crippen molar-refractivity contribution in [3.05, 3.63) is 48.0 Å². The van der Waals surface area contributed by atoms with Gasteiger partial charge in [-0.1, -0.05) is 0 Å². The number of aromatic amines is 1. The Morgan fingerprint density at radius 1 is 0.962 bits per heavy atom. The number of H-pyrrole nitrogens is 1. The van der Waals surface area contributed by atoms with Crippen LogP contribution < -0.4 is 19.5 Å². The molecule has 0 aliphatic rings. The summed E-state index contributed by atoms with van der Waals surface area (Å²) in [5.74, 6) is 2.23. The number of nitrogens with one attached hydrogen (secondary N) is 2. The summed E-state index contributed by atoms with van der Waals surface area (Å²) in [6.07, 6.45) is 0. The van der Waals surface area contributed by atoms with Crippen molar-refractivity contribution in [2.75, 3.05) is 26.6 Å². The molecule has 0 saturated carbocycles. The van der Waals surface area contributed by atoms with Crippen LogP contribution in [-0.2, 0) is 0 Å². The van der Waals surface area contributed by atoms with Gasteiger partial charge in [-0.25, -0.2) is 0 Å². The van der Waals surface area contributed by atoms with Crippen LogP contribution in [0.1, 0.15) is 10.4 Å². The highest BCUT2D eigenvalue weighted by molar-refractivity contribution is 6.03. The molecule has 0 aliphatic heterocycles. The van der Waals surface area contributed by atoms with Crippen LogP contribution in [0.15, 0.2) is 42.5 Å². The highest BCUT2D eigenvalue weighted by Crippen LogP contribution is 2.31. The Hall–Kier alpha value is -3.55. The number of nitrogens with zero attached hydrogens (tertiary/aromatic N) is 2. The Morgan fingerprint density at radius 2 is 1.65 bits per heavy atom. The van der Waals surface area contributed by atoms with Crippen molar-refractivity contribution >= 4 is 11.9 Å². The first-order valence-electron chi connectivity index (χ1n) is 7.75. The van der Waals surface area contributed by atoms with Crippen molar-refractivity contribution in [2.24, 2.45) is 0 Å². The minimum atomic E-state index is -0.320. The topological polar surface area (TPSA) is 98.4 Å². The molecule has 2 N–H and O–H groups in total. The van der Waals surface area contributed by atoms with Gasteiger partial charge in [-0.3, -0.25) is 15.2 Å². The van der Waals surface area contributed by atoms with Crippen molar-refractivity contribution < 1.29 is 19.0 Å². The summed E-state index contributed by atoms with van der Waals surface area (Å²) in [7, 11) is 4.70. The summed E-state index contributed by atoms with van der Waals surface area (Å²) in [4.78, 5) is 16.6. The number of ether oxygens (including phenoxy) is 3. The number of methoxy groups -OCH3 is 3. The van der Waals surface area contributed by atoms with Crippen LogP contribution in [0.5, 0.6) is 17.2 Å². The maximum absolute atomic E-state index is 12.3. The van der Waals surface area contributed by atoms with Crippen LogP contribution in [0.4, 0.5) is 5.95 Å². The quantitative estimate of drug-likeness (QED) is 0.706. The summed E-state index contributed by atoms with van der Waals surface area (Å²) in [5.41, 5.74) is 1.17. The molecule has 0 spiro atoms. The van der Waals surface area contributed by atoms with Crippen LogP contribution in [0.2, 0.25) is 0 Å². The van der Waals surface area contributed by atoms with Crippen LogP contribution in [0.3, 0.4) is 0 Å². The second kappa shape index (κ2) is 7.56. The van der Waals surface area contributed by atoms with E-state index in [4.69, 9.17) is 14.2 Å². The zero-order valence-electron chi connectivity index (χ0n) is 14.6. The number of rotatable bonds is 6. The average molecular weight is 354 g/mol. The number of carbonyl (C=O) groups is 1. The number of aromatic nitrogens is 3. The van der Waals surface area contributed by atoms with E-state index in [9.17, 15) is 4.79 Å². The second-order valence-electron chi connectivity index (χ2n) is 5.26. The minimum absolute atomic E-state index is 0.165. The lowest BCUT2D eigenvalue weighted by Crippen LogP contribution is -2.12. The van der Waals surface area contributed by atoms with Gasteiger partial charge in [0.05, 0.1) is 26.9 Å². The number of anilines is 1. The normalized spacial score (nSPS) is 10.3. The van der Waals surface area contributed by atoms with E-state index in [1.807, 2.05) is 0 Å². The van der Waals surface area contributed by atoms with Gasteiger partial charge in [0, 0.05) is 11.6 Å². The highest BCUT2D eigenvalue weighted by atomic mass is 16.5. The van der Waals surface area contributed by atoms with Gasteiger partial charge in [-0.15, -0.1) is 5.10 Å². The fourth-order valence-corrected chi connectivity index (χ4v) is 2.35. The predicted octanol–water partition coefficient (Wildman–Crippen LogP) is 2.75. The van der Waals surface area contributed by atoms with Gasteiger partial charge < -0.3 is 14.2 Å². The van der Waals surface area contributed by atoms with Crippen molar-refractivity contribution in [3.8, 4) is 28.6 Å². The standard InChI is InChI=1S/C18H18N4O4/c1-24-12-6-4-11(5-7-12)17(23)20-18-19-16(21-22-18)14-9-8-13(25-2)10-15(14)26-3/h4-10H,1-3H3,(H2,19,20,21,22,23). The fraction of sp³-hybridized carbons (Fsp3) is 0.167. The molecule has 3 aromatic rings. The van der Waals surface area contributed by atoms with E-state index in [0.717, 1.165) is 0 Å². The summed E-state index contributed by atoms with van der Waals surface area (Å²) in [5, 5.41) is 9.47. The van der Waals surface area contributed by atoms with Gasteiger partial charge in [0.2, 0.25) is 5.95 Å². The van der Waals surface area contributed by atoms with Gasteiger partial charge >= 0.3 is 0 Å². The lowest BCUT2D eigenvalue weighted by atomic mass is 10.2. The first kappa shape index (κ1) is 17.3. The molecule has 0 atom stereocenters. The molecule has 1 heterocycles. The largest absolute Gasteiger partial charge is 0.497 e. The summed E-state index contributed by atoms with van der Waals surface area (Å²) in [6, 6.07) is 12.1. The molecule has 0 saturated heterocycles. The Balaban J connectivity index is 1.78. The van der Waals surface area contributed by atoms with Crippen molar-refractivity contribution in [1.29, 1.82) is 0 Å². The average Bonchev–Trinajstić information content (AvgIpc) is 3.15. The summed E-state index contributed by atoms with van der Waals surface area (Å²) < 4.78 is 15.6. The Morgan fingerprint density at radius 3 is 2.31 bits per heavy atom. The first-order valence-corrected chi connectivity index (χ1v) is 7.75. The molecule has 0 aliphatic carbocycles. The van der Waals surface area contributed by atoms with E-state index in [1.165, 1.54) is 0 Å². The third kappa shape index (κ3) is 3.59. The molecule has 8 heteroatoms. The third-order valence-corrected chi connectivity index (χ3v) is 3.73. The fourth-order valence-electron chi connectivity index (χ4n) is 2.35. The molecule has 26 heavy (non-hydrogen) atoms. The first-order chi connectivity index (χ1) is 12.6. The molecule has 0 unspecified atom stereocenters. The lowest BCUT2D eigenvalue weighted by Gasteiger charge is -2.07. The molecule has 0 radical (unpaired) electrons. The van der Waals surface area contributed by atoms with Crippen LogP contribution in [0, 0.1) is 0 Å². The lowest BCUT2D eigenvalue weighted by molar-refractivity contribution is 0.102. The molecular weight excluding hydrogens is 336 g/mol. The third-order valence-electron chi connectivity index (χ3n) is 3.73. The molecule has 2 aromatic carbocycles. The number of hydrogen-bond acceptors (Lipinski definition) is 6. The predicted molar refractivity (Wildman–Crippen MR) is 95.9 cm³/mol. The molecule has 3 rings (SSSR count). The van der Waals surface area contributed by atoms with Gasteiger partial charge in [0.15, 0.2) is 5.82 Å². The Bertz CT molecular complexity index is 906. The zero-order chi connectivity index (χ0) is 18.5. The maximum Gasteiger partial charge on any atom is 0.258 e. The highest BCUT2D eigenvalue weighted by Gasteiger charge is 2.14. The smallest absolute Gasteiger partial charge is 0.258 e. The Kier molecular flexibility index (Phi) is 5.02. The summed E-state index contributed by atoms with van der Waals surface area (Å²) in [6.45, 7) is 0. The Labute approximate surface area is 150 Å². The van der Waals surface area contributed by atoms with E-state index >= 15 is 0 Å². The molecule has 0 bridgehead atoms. The van der Waals surface area contributed by atoms with Crippen LogP contribution in [-0.4, -0.2) is 42.4 Å². The number of benzene rings is 2. The van der Waals surface area contributed by atoms with E-state index in [2.05, 4.69) is 20.5 Å². The van der Waals surface area contributed by atoms with Crippen LogP contribution >= 0.6 is 0 Å². The van der Waals surface area contributed by atoms with Gasteiger partial charge in [0.1, 0.15) is 17.2 Å². The van der Waals surface area contributed by atoms with Crippen molar-refractivity contribution in [2.45, 2.75) is 0 Å². The summed E-state index contributed by atoms with van der Waals surface area (Å²) >= 11 is 0. The van der Waals surface area contributed by atoms with Crippen molar-refractivity contribution in [1.82, 2.24) is 15.2 Å². The minimum Gasteiger partial charge on any atom is -0.497 e. The SMILES string of the molecule is COc1ccc(C(=O)Nc2n[nH]c(-c3ccc(OC)cc3OC)n2)cc1. The molecule has 134 valence electrons. The maximum atomic E-state index is 12.3. The zero-order valence-corrected chi connectivity index (χ0v) is 14.6. The number of hydrogen-bond donors (Lipinski definition) is 2. The van der Waals surface area contributed by atoms with Gasteiger partial charge in [-0.05, 0) is 36.4 Å². The van der Waals surface area contributed by atoms with E-state index in [0.29, 0.717) is 34.2 Å². The monoisotopic (exact) mass is 354 g/mol. The van der Waals surface area contributed by atoms with Gasteiger partial charge in [-0.2, -0.15) is 4.98 Å². The van der Waals surface area contributed by atoms with Crippen LogP contribution in [0.25, 0.3) is 11.4 Å². The molecule has 1 amide bonds. The van der Waals surface area contributed by atoms with Gasteiger partial charge in [0.25, 0.3) is 5.91 Å². The number of carbonyl (C=O) groups excluding carboxylic acids is 1. The number of amides is 1. The van der Waals surface area contributed by atoms with E-state index < -0.39 is 0 Å². The second-order valence-corrected chi connectivity index (χ2v) is 5.26. The van der Waals surface area contributed by atoms with E-state index in [-0.39, 0.29) is 11.9 Å². The molecule has 8 nitrogen and oxygen atoms in total. The molecule has 0 fully saturated rings. The molecule has 1 aromatic heterocycles. The molecular formula is C18H18N4O4. The van der Waals surface area contributed by atoms with E-state index in [1.54, 1.807) is 63.8 Å².